The smallest absolute Gasteiger partial charge is 0.233 e. The summed E-state index contributed by atoms with van der Waals surface area (Å²) in [5.41, 5.74) is 2.38. The van der Waals surface area contributed by atoms with Crippen molar-refractivity contribution in [3.8, 4) is 11.4 Å². The maximum atomic E-state index is 13.1. The molecule has 1 amide bonds. The lowest BCUT2D eigenvalue weighted by Crippen LogP contribution is -2.39. The molecule has 7 heteroatoms. The first kappa shape index (κ1) is 24.0. The molecule has 0 spiro atoms. The first-order valence-corrected chi connectivity index (χ1v) is 14.0. The maximum Gasteiger partial charge on any atom is 0.233 e. The highest BCUT2D eigenvalue weighted by Crippen LogP contribution is 2.39. The van der Waals surface area contributed by atoms with Gasteiger partial charge in [-0.1, -0.05) is 61.9 Å². The first-order chi connectivity index (χ1) is 17.2. The van der Waals surface area contributed by atoms with E-state index in [2.05, 4.69) is 57.0 Å². The number of nitrogens with zero attached hydrogens (tertiary/aromatic N) is 5. The first-order valence-electron chi connectivity index (χ1n) is 13.0. The Morgan fingerprint density at radius 1 is 1.00 bits per heavy atom. The molecule has 3 aromatic rings. The van der Waals surface area contributed by atoms with Crippen LogP contribution < -0.4 is 0 Å². The highest BCUT2D eigenvalue weighted by molar-refractivity contribution is 7.99. The number of rotatable bonds is 7. The summed E-state index contributed by atoms with van der Waals surface area (Å²) in [4.78, 5) is 19.4. The highest BCUT2D eigenvalue weighted by atomic mass is 32.2. The SMILES string of the molecule is CC1CCCCC1n1c(SCC(=O)N2CCC(Cc3ccccc3)CC2)nnc1-c1cccnc1. The average Bonchev–Trinajstić information content (AvgIpc) is 3.33. The van der Waals surface area contributed by atoms with Crippen molar-refractivity contribution in [1.29, 1.82) is 0 Å². The molecule has 5 rings (SSSR count). The second-order valence-corrected chi connectivity index (χ2v) is 11.0. The van der Waals surface area contributed by atoms with Crippen molar-refractivity contribution in [2.24, 2.45) is 11.8 Å². The van der Waals surface area contributed by atoms with E-state index in [4.69, 9.17) is 0 Å². The van der Waals surface area contributed by atoms with Crippen molar-refractivity contribution < 1.29 is 4.79 Å². The number of pyridine rings is 1. The van der Waals surface area contributed by atoms with Gasteiger partial charge in [0.2, 0.25) is 5.91 Å². The van der Waals surface area contributed by atoms with Gasteiger partial charge in [-0.25, -0.2) is 0 Å². The molecule has 1 aliphatic carbocycles. The molecule has 35 heavy (non-hydrogen) atoms. The van der Waals surface area contributed by atoms with Crippen molar-refractivity contribution in [2.75, 3.05) is 18.8 Å². The van der Waals surface area contributed by atoms with Gasteiger partial charge in [0.1, 0.15) is 0 Å². The fourth-order valence-electron chi connectivity index (χ4n) is 5.60. The number of benzene rings is 1. The zero-order chi connectivity index (χ0) is 24.0. The molecule has 1 aliphatic heterocycles. The van der Waals surface area contributed by atoms with Crippen molar-refractivity contribution in [1.82, 2.24) is 24.6 Å². The molecule has 2 aromatic heterocycles. The summed E-state index contributed by atoms with van der Waals surface area (Å²) >= 11 is 1.54. The van der Waals surface area contributed by atoms with E-state index in [-0.39, 0.29) is 5.91 Å². The third-order valence-electron chi connectivity index (χ3n) is 7.64. The molecular formula is C28H35N5OS. The van der Waals surface area contributed by atoms with E-state index >= 15 is 0 Å². The van der Waals surface area contributed by atoms with E-state index in [9.17, 15) is 4.79 Å². The van der Waals surface area contributed by atoms with Crippen LogP contribution in [0.2, 0.25) is 0 Å². The molecule has 1 saturated carbocycles. The third kappa shape index (κ3) is 5.77. The van der Waals surface area contributed by atoms with E-state index in [0.29, 0.717) is 23.6 Å². The van der Waals surface area contributed by atoms with Crippen LogP contribution in [0.4, 0.5) is 0 Å². The largest absolute Gasteiger partial charge is 0.342 e. The molecule has 3 heterocycles. The predicted octanol–water partition coefficient (Wildman–Crippen LogP) is 5.66. The minimum Gasteiger partial charge on any atom is -0.342 e. The molecule has 1 aromatic carbocycles. The molecule has 2 aliphatic rings. The van der Waals surface area contributed by atoms with Gasteiger partial charge in [-0.2, -0.15) is 0 Å². The van der Waals surface area contributed by atoms with E-state index in [0.717, 1.165) is 55.3 Å². The zero-order valence-corrected chi connectivity index (χ0v) is 21.4. The fourth-order valence-corrected chi connectivity index (χ4v) is 6.49. The summed E-state index contributed by atoms with van der Waals surface area (Å²) in [7, 11) is 0. The zero-order valence-electron chi connectivity index (χ0n) is 20.6. The maximum absolute atomic E-state index is 13.1. The van der Waals surface area contributed by atoms with E-state index in [1.165, 1.54) is 24.8 Å². The number of hydrogen-bond donors (Lipinski definition) is 0. The minimum absolute atomic E-state index is 0.210. The molecule has 184 valence electrons. The number of carbonyl (C=O) groups is 1. The van der Waals surface area contributed by atoms with Gasteiger partial charge >= 0.3 is 0 Å². The Kier molecular flexibility index (Phi) is 7.82. The van der Waals surface area contributed by atoms with Crippen molar-refractivity contribution in [3.63, 3.8) is 0 Å². The monoisotopic (exact) mass is 489 g/mol. The molecule has 0 N–H and O–H groups in total. The normalized spacial score (nSPS) is 21.2. The van der Waals surface area contributed by atoms with Crippen LogP contribution in [-0.2, 0) is 11.2 Å². The molecule has 2 atom stereocenters. The second-order valence-electron chi connectivity index (χ2n) is 10.0. The molecule has 0 radical (unpaired) electrons. The Balaban J connectivity index is 1.23. The molecule has 2 unspecified atom stereocenters. The molecule has 1 saturated heterocycles. The predicted molar refractivity (Wildman–Crippen MR) is 140 cm³/mol. The summed E-state index contributed by atoms with van der Waals surface area (Å²) in [5.74, 6) is 2.71. The molecule has 6 nitrogen and oxygen atoms in total. The van der Waals surface area contributed by atoms with Gasteiger partial charge in [-0.3, -0.25) is 14.3 Å². The van der Waals surface area contributed by atoms with Gasteiger partial charge in [-0.05, 0) is 61.6 Å². The topological polar surface area (TPSA) is 63.9 Å². The lowest BCUT2D eigenvalue weighted by molar-refractivity contribution is -0.129. The van der Waals surface area contributed by atoms with Crippen LogP contribution in [0.25, 0.3) is 11.4 Å². The van der Waals surface area contributed by atoms with Gasteiger partial charge in [-0.15, -0.1) is 10.2 Å². The number of thioether (sulfide) groups is 1. The van der Waals surface area contributed by atoms with Gasteiger partial charge in [0, 0.05) is 37.1 Å². The summed E-state index contributed by atoms with van der Waals surface area (Å²) in [6, 6.07) is 15.0. The van der Waals surface area contributed by atoms with Crippen molar-refractivity contribution >= 4 is 17.7 Å². The number of aromatic nitrogens is 4. The van der Waals surface area contributed by atoms with Gasteiger partial charge in [0.25, 0.3) is 0 Å². The summed E-state index contributed by atoms with van der Waals surface area (Å²) in [6.07, 6.45) is 11.7. The number of likely N-dealkylation sites (tertiary alicyclic amines) is 1. The van der Waals surface area contributed by atoms with Crippen LogP contribution in [0, 0.1) is 11.8 Å². The lowest BCUT2D eigenvalue weighted by Gasteiger charge is -2.33. The van der Waals surface area contributed by atoms with Gasteiger partial charge < -0.3 is 4.90 Å². The van der Waals surface area contributed by atoms with Crippen LogP contribution >= 0.6 is 11.8 Å². The van der Waals surface area contributed by atoms with Crippen LogP contribution in [-0.4, -0.2) is 49.4 Å². The summed E-state index contributed by atoms with van der Waals surface area (Å²) < 4.78 is 2.30. The fraction of sp³-hybridized carbons (Fsp3) is 0.500. The Morgan fingerprint density at radius 3 is 2.54 bits per heavy atom. The number of piperidine rings is 1. The Labute approximate surface area is 212 Å². The standard InChI is InChI=1S/C28H35N5OS/c1-21-8-5-6-12-25(21)33-27(24-11-7-15-29-19-24)30-31-28(33)35-20-26(34)32-16-13-23(14-17-32)18-22-9-3-2-4-10-22/h2-4,7,9-11,15,19,21,23,25H,5-6,8,12-14,16-18,20H2,1H3. The molecular weight excluding hydrogens is 454 g/mol. The number of amides is 1. The average molecular weight is 490 g/mol. The third-order valence-corrected chi connectivity index (χ3v) is 8.57. The van der Waals surface area contributed by atoms with Crippen LogP contribution in [0.5, 0.6) is 0 Å². The number of carbonyl (C=O) groups excluding carboxylic acids is 1. The van der Waals surface area contributed by atoms with Crippen molar-refractivity contribution in [2.45, 2.75) is 63.1 Å². The summed E-state index contributed by atoms with van der Waals surface area (Å²) in [5, 5.41) is 9.98. The van der Waals surface area contributed by atoms with E-state index < -0.39 is 0 Å². The molecule has 0 bridgehead atoms. The van der Waals surface area contributed by atoms with Crippen LogP contribution in [0.3, 0.4) is 0 Å². The Morgan fingerprint density at radius 2 is 1.80 bits per heavy atom. The quantitative estimate of drug-likeness (QED) is 0.401. The lowest BCUT2D eigenvalue weighted by atomic mass is 9.85. The van der Waals surface area contributed by atoms with Gasteiger partial charge in [0.15, 0.2) is 11.0 Å². The van der Waals surface area contributed by atoms with E-state index in [1.807, 2.05) is 23.2 Å². The van der Waals surface area contributed by atoms with E-state index in [1.54, 1.807) is 18.0 Å². The Bertz CT molecular complexity index is 1100. The Hall–Kier alpha value is -2.67. The highest BCUT2D eigenvalue weighted by Gasteiger charge is 2.30. The van der Waals surface area contributed by atoms with Crippen molar-refractivity contribution in [3.05, 3.63) is 60.4 Å². The summed E-state index contributed by atoms with van der Waals surface area (Å²) in [6.45, 7) is 4.03. The van der Waals surface area contributed by atoms with Gasteiger partial charge in [0.05, 0.1) is 5.75 Å². The minimum atomic E-state index is 0.210. The van der Waals surface area contributed by atoms with Crippen LogP contribution in [0.1, 0.15) is 57.1 Å². The van der Waals surface area contributed by atoms with Crippen LogP contribution in [0.15, 0.2) is 60.0 Å². The second kappa shape index (κ2) is 11.4. The number of hydrogen-bond acceptors (Lipinski definition) is 5. The molecule has 2 fully saturated rings.